The van der Waals surface area contributed by atoms with Gasteiger partial charge in [0, 0.05) is 23.7 Å². The first-order valence-electron chi connectivity index (χ1n) is 6.22. The molecule has 2 rings (SSSR count). The van der Waals surface area contributed by atoms with Crippen LogP contribution in [-0.2, 0) is 6.54 Å². The van der Waals surface area contributed by atoms with E-state index < -0.39 is 5.91 Å². The molecular formula is C14H17N3OS. The molecule has 0 aliphatic rings. The van der Waals surface area contributed by atoms with Gasteiger partial charge in [-0.25, -0.2) is 4.98 Å². The van der Waals surface area contributed by atoms with E-state index in [1.54, 1.807) is 17.4 Å². The number of nitrogens with two attached hydrogens (primary N) is 1. The van der Waals surface area contributed by atoms with Crippen LogP contribution < -0.4 is 11.1 Å². The number of benzene rings is 1. The maximum absolute atomic E-state index is 11.1. The lowest BCUT2D eigenvalue weighted by Gasteiger charge is -2.14. The second kappa shape index (κ2) is 6.45. The fourth-order valence-corrected chi connectivity index (χ4v) is 2.69. The van der Waals surface area contributed by atoms with Gasteiger partial charge in [-0.1, -0.05) is 19.1 Å². The molecule has 1 aromatic heterocycles. The molecular weight excluding hydrogens is 258 g/mol. The largest absolute Gasteiger partial charge is 0.366 e. The Hall–Kier alpha value is -1.72. The van der Waals surface area contributed by atoms with Gasteiger partial charge in [-0.3, -0.25) is 4.79 Å². The molecule has 100 valence electrons. The standard InChI is InChI=1S/C14H17N3OS/c1-2-12(14-16-6-7-19-14)17-9-10-4-3-5-11(8-10)13(15)18/h3-8,12,17H,2,9H2,1H3,(H2,15,18). The highest BCUT2D eigenvalue weighted by Crippen LogP contribution is 2.19. The molecule has 1 atom stereocenters. The molecule has 0 spiro atoms. The Morgan fingerprint density at radius 1 is 1.53 bits per heavy atom. The zero-order valence-electron chi connectivity index (χ0n) is 10.8. The van der Waals surface area contributed by atoms with E-state index in [4.69, 9.17) is 5.73 Å². The van der Waals surface area contributed by atoms with Gasteiger partial charge < -0.3 is 11.1 Å². The van der Waals surface area contributed by atoms with Crippen LogP contribution in [0, 0.1) is 0 Å². The van der Waals surface area contributed by atoms with Crippen molar-refractivity contribution in [2.24, 2.45) is 5.73 Å². The Morgan fingerprint density at radius 3 is 3.00 bits per heavy atom. The van der Waals surface area contributed by atoms with E-state index in [0.29, 0.717) is 12.1 Å². The number of amides is 1. The van der Waals surface area contributed by atoms with Crippen molar-refractivity contribution >= 4 is 17.2 Å². The number of carbonyl (C=O) groups excluding carboxylic acids is 1. The summed E-state index contributed by atoms with van der Waals surface area (Å²) < 4.78 is 0. The van der Waals surface area contributed by atoms with Gasteiger partial charge in [-0.2, -0.15) is 0 Å². The van der Waals surface area contributed by atoms with E-state index in [-0.39, 0.29) is 6.04 Å². The zero-order valence-corrected chi connectivity index (χ0v) is 11.6. The lowest BCUT2D eigenvalue weighted by Crippen LogP contribution is -2.20. The van der Waals surface area contributed by atoms with Crippen molar-refractivity contribution in [3.8, 4) is 0 Å². The molecule has 4 nitrogen and oxygen atoms in total. The average molecular weight is 275 g/mol. The van der Waals surface area contributed by atoms with Crippen molar-refractivity contribution in [3.63, 3.8) is 0 Å². The number of hydrogen-bond donors (Lipinski definition) is 2. The minimum Gasteiger partial charge on any atom is -0.366 e. The van der Waals surface area contributed by atoms with Crippen molar-refractivity contribution in [3.05, 3.63) is 52.0 Å². The van der Waals surface area contributed by atoms with Crippen LogP contribution in [0.1, 0.15) is 40.3 Å². The molecule has 0 bridgehead atoms. The lowest BCUT2D eigenvalue weighted by atomic mass is 10.1. The van der Waals surface area contributed by atoms with Gasteiger partial charge in [0.2, 0.25) is 5.91 Å². The monoisotopic (exact) mass is 275 g/mol. The molecule has 0 fully saturated rings. The minimum absolute atomic E-state index is 0.247. The number of primary amides is 1. The maximum Gasteiger partial charge on any atom is 0.248 e. The van der Waals surface area contributed by atoms with Crippen LogP contribution in [0.4, 0.5) is 0 Å². The van der Waals surface area contributed by atoms with Gasteiger partial charge >= 0.3 is 0 Å². The molecule has 0 saturated heterocycles. The van der Waals surface area contributed by atoms with Crippen molar-refractivity contribution in [1.82, 2.24) is 10.3 Å². The zero-order chi connectivity index (χ0) is 13.7. The summed E-state index contributed by atoms with van der Waals surface area (Å²) in [5, 5.41) is 6.52. The topological polar surface area (TPSA) is 68.0 Å². The maximum atomic E-state index is 11.1. The van der Waals surface area contributed by atoms with E-state index in [0.717, 1.165) is 17.0 Å². The van der Waals surface area contributed by atoms with Crippen LogP contribution in [0.2, 0.25) is 0 Å². The Bertz CT molecular complexity index is 539. The van der Waals surface area contributed by atoms with Crippen LogP contribution in [-0.4, -0.2) is 10.9 Å². The molecule has 0 radical (unpaired) electrons. The summed E-state index contributed by atoms with van der Waals surface area (Å²) in [5.41, 5.74) is 6.86. The fourth-order valence-electron chi connectivity index (χ4n) is 1.89. The van der Waals surface area contributed by atoms with Crippen LogP contribution in [0.5, 0.6) is 0 Å². The van der Waals surface area contributed by atoms with Crippen molar-refractivity contribution in [1.29, 1.82) is 0 Å². The molecule has 0 aliphatic heterocycles. The van der Waals surface area contributed by atoms with Crippen molar-refractivity contribution in [2.75, 3.05) is 0 Å². The molecule has 5 heteroatoms. The Morgan fingerprint density at radius 2 is 2.37 bits per heavy atom. The molecule has 1 unspecified atom stereocenters. The third-order valence-electron chi connectivity index (χ3n) is 2.92. The minimum atomic E-state index is -0.395. The number of aromatic nitrogens is 1. The number of carbonyl (C=O) groups is 1. The Labute approximate surface area is 116 Å². The predicted molar refractivity (Wildman–Crippen MR) is 76.9 cm³/mol. The van der Waals surface area contributed by atoms with E-state index in [1.807, 2.05) is 29.8 Å². The number of nitrogens with zero attached hydrogens (tertiary/aromatic N) is 1. The Balaban J connectivity index is 2.01. The van der Waals surface area contributed by atoms with Gasteiger partial charge in [-0.05, 0) is 24.1 Å². The molecule has 1 aromatic carbocycles. The predicted octanol–water partition coefficient (Wildman–Crippen LogP) is 2.48. The molecule has 1 heterocycles. The van der Waals surface area contributed by atoms with Gasteiger partial charge in [0.25, 0.3) is 0 Å². The number of hydrogen-bond acceptors (Lipinski definition) is 4. The number of rotatable bonds is 6. The van der Waals surface area contributed by atoms with E-state index in [2.05, 4.69) is 17.2 Å². The van der Waals surface area contributed by atoms with E-state index in [9.17, 15) is 4.79 Å². The highest BCUT2D eigenvalue weighted by molar-refractivity contribution is 7.09. The summed E-state index contributed by atoms with van der Waals surface area (Å²) in [5.74, 6) is -0.395. The van der Waals surface area contributed by atoms with Crippen LogP contribution >= 0.6 is 11.3 Å². The SMILES string of the molecule is CCC(NCc1cccc(C(N)=O)c1)c1nccs1. The first-order chi connectivity index (χ1) is 9.20. The second-order valence-electron chi connectivity index (χ2n) is 4.28. The lowest BCUT2D eigenvalue weighted by molar-refractivity contribution is 0.1000. The molecule has 0 saturated carbocycles. The normalized spacial score (nSPS) is 12.3. The molecule has 19 heavy (non-hydrogen) atoms. The third kappa shape index (κ3) is 3.62. The fraction of sp³-hybridized carbons (Fsp3) is 0.286. The molecule has 2 aromatic rings. The second-order valence-corrected chi connectivity index (χ2v) is 5.20. The number of nitrogens with one attached hydrogen (secondary N) is 1. The third-order valence-corrected chi connectivity index (χ3v) is 3.81. The molecule has 3 N–H and O–H groups in total. The van der Waals surface area contributed by atoms with E-state index in [1.165, 1.54) is 0 Å². The first kappa shape index (κ1) is 13.7. The molecule has 0 aliphatic carbocycles. The average Bonchev–Trinajstić information content (AvgIpc) is 2.94. The number of thiazole rings is 1. The van der Waals surface area contributed by atoms with Crippen molar-refractivity contribution < 1.29 is 4.79 Å². The quantitative estimate of drug-likeness (QED) is 0.851. The summed E-state index contributed by atoms with van der Waals surface area (Å²) in [4.78, 5) is 15.5. The summed E-state index contributed by atoms with van der Waals surface area (Å²) in [6.07, 6.45) is 2.79. The van der Waals surface area contributed by atoms with Gasteiger partial charge in [0.15, 0.2) is 0 Å². The van der Waals surface area contributed by atoms with E-state index >= 15 is 0 Å². The van der Waals surface area contributed by atoms with Crippen LogP contribution in [0.15, 0.2) is 35.8 Å². The van der Waals surface area contributed by atoms with Crippen molar-refractivity contribution in [2.45, 2.75) is 25.9 Å². The summed E-state index contributed by atoms with van der Waals surface area (Å²) in [6.45, 7) is 2.82. The van der Waals surface area contributed by atoms with Gasteiger partial charge in [0.05, 0.1) is 6.04 Å². The highest BCUT2D eigenvalue weighted by Gasteiger charge is 2.11. The van der Waals surface area contributed by atoms with Crippen LogP contribution in [0.25, 0.3) is 0 Å². The van der Waals surface area contributed by atoms with Crippen LogP contribution in [0.3, 0.4) is 0 Å². The summed E-state index contributed by atoms with van der Waals surface area (Å²) >= 11 is 1.65. The van der Waals surface area contributed by atoms with Gasteiger partial charge in [0.1, 0.15) is 5.01 Å². The summed E-state index contributed by atoms with van der Waals surface area (Å²) in [7, 11) is 0. The first-order valence-corrected chi connectivity index (χ1v) is 7.10. The van der Waals surface area contributed by atoms with Gasteiger partial charge in [-0.15, -0.1) is 11.3 Å². The summed E-state index contributed by atoms with van der Waals surface area (Å²) in [6, 6.07) is 7.63. The molecule has 1 amide bonds. The Kier molecular flexibility index (Phi) is 4.65. The smallest absolute Gasteiger partial charge is 0.248 e. The highest BCUT2D eigenvalue weighted by atomic mass is 32.1.